The van der Waals surface area contributed by atoms with Crippen LogP contribution in [0.5, 0.6) is 0 Å². The van der Waals surface area contributed by atoms with Crippen molar-refractivity contribution in [3.63, 3.8) is 0 Å². The van der Waals surface area contributed by atoms with Gasteiger partial charge in [-0.3, -0.25) is 14.6 Å². The molecule has 0 N–H and O–H groups in total. The third-order valence-corrected chi connectivity index (χ3v) is 6.33. The van der Waals surface area contributed by atoms with Gasteiger partial charge in [0.25, 0.3) is 5.91 Å². The summed E-state index contributed by atoms with van der Waals surface area (Å²) in [6.45, 7) is 4.51. The molecule has 1 saturated heterocycles. The van der Waals surface area contributed by atoms with Crippen molar-refractivity contribution in [2.45, 2.75) is 32.1 Å². The lowest BCUT2D eigenvalue weighted by Gasteiger charge is -2.33. The van der Waals surface area contributed by atoms with Crippen LogP contribution in [-0.4, -0.2) is 60.0 Å². The number of hydrogen-bond donors (Lipinski definition) is 0. The number of likely N-dealkylation sites (tertiary alicyclic amines) is 1. The number of amides is 2. The van der Waals surface area contributed by atoms with Gasteiger partial charge < -0.3 is 9.80 Å². The van der Waals surface area contributed by atoms with Gasteiger partial charge in [-0.2, -0.15) is 0 Å². The lowest BCUT2D eigenvalue weighted by Crippen LogP contribution is -2.43. The molecule has 1 aromatic rings. The number of halogens is 2. The first-order valence-electron chi connectivity index (χ1n) is 9.69. The molecule has 3 heterocycles. The SMILES string of the molecule is CC(=O)N1CCC2=C(CN=C2C(=O)N2CCC(c3cc(F)ccc3Cl)CC2)C1. The van der Waals surface area contributed by atoms with Crippen molar-refractivity contribution in [2.24, 2.45) is 4.99 Å². The van der Waals surface area contributed by atoms with E-state index in [1.54, 1.807) is 17.9 Å². The van der Waals surface area contributed by atoms with Crippen molar-refractivity contribution in [1.82, 2.24) is 9.80 Å². The number of nitrogens with zero attached hydrogens (tertiary/aromatic N) is 3. The topological polar surface area (TPSA) is 53.0 Å². The highest BCUT2D eigenvalue weighted by Crippen LogP contribution is 2.34. The second-order valence-corrected chi connectivity index (χ2v) is 8.08. The summed E-state index contributed by atoms with van der Waals surface area (Å²) >= 11 is 6.24. The normalized spacial score (nSPS) is 20.3. The third-order valence-electron chi connectivity index (χ3n) is 5.98. The first-order valence-corrected chi connectivity index (χ1v) is 10.1. The van der Waals surface area contributed by atoms with E-state index < -0.39 is 0 Å². The molecule has 0 unspecified atom stereocenters. The molecule has 3 aliphatic heterocycles. The summed E-state index contributed by atoms with van der Waals surface area (Å²) in [6.07, 6.45) is 2.20. The number of hydrogen-bond acceptors (Lipinski definition) is 3. The molecule has 7 heteroatoms. The van der Waals surface area contributed by atoms with Crippen molar-refractivity contribution in [3.8, 4) is 0 Å². The molecule has 2 amide bonds. The zero-order chi connectivity index (χ0) is 19.8. The van der Waals surface area contributed by atoms with Gasteiger partial charge in [0, 0.05) is 38.1 Å². The molecule has 0 saturated carbocycles. The van der Waals surface area contributed by atoms with Crippen LogP contribution < -0.4 is 0 Å². The van der Waals surface area contributed by atoms with Gasteiger partial charge in [0.15, 0.2) is 0 Å². The predicted octanol–water partition coefficient (Wildman–Crippen LogP) is 3.19. The molecular formula is C21H23ClFN3O2. The summed E-state index contributed by atoms with van der Waals surface area (Å²) < 4.78 is 13.6. The molecule has 0 spiro atoms. The van der Waals surface area contributed by atoms with E-state index in [9.17, 15) is 14.0 Å². The number of aliphatic imine (C=N–C) groups is 1. The summed E-state index contributed by atoms with van der Waals surface area (Å²) in [5, 5.41) is 0.582. The van der Waals surface area contributed by atoms with E-state index in [0.717, 1.165) is 29.6 Å². The van der Waals surface area contributed by atoms with Crippen LogP contribution in [-0.2, 0) is 9.59 Å². The van der Waals surface area contributed by atoms with Gasteiger partial charge in [0.1, 0.15) is 11.5 Å². The molecule has 28 heavy (non-hydrogen) atoms. The first-order chi connectivity index (χ1) is 13.4. The first kappa shape index (κ1) is 19.1. The smallest absolute Gasteiger partial charge is 0.272 e. The third kappa shape index (κ3) is 3.58. The van der Waals surface area contributed by atoms with Crippen LogP contribution in [0.1, 0.15) is 37.7 Å². The second kappa shape index (κ2) is 7.66. The van der Waals surface area contributed by atoms with Crippen molar-refractivity contribution in [3.05, 3.63) is 45.7 Å². The van der Waals surface area contributed by atoms with Crippen LogP contribution in [0.4, 0.5) is 4.39 Å². The van der Waals surface area contributed by atoms with Crippen LogP contribution >= 0.6 is 11.6 Å². The monoisotopic (exact) mass is 403 g/mol. The largest absolute Gasteiger partial charge is 0.339 e. The molecule has 1 aromatic carbocycles. The Bertz CT molecular complexity index is 888. The van der Waals surface area contributed by atoms with Crippen LogP contribution in [0.25, 0.3) is 0 Å². The Morgan fingerprint density at radius 1 is 1.18 bits per heavy atom. The van der Waals surface area contributed by atoms with Gasteiger partial charge >= 0.3 is 0 Å². The number of carbonyl (C=O) groups is 2. The van der Waals surface area contributed by atoms with Crippen LogP contribution in [0, 0.1) is 5.82 Å². The minimum absolute atomic E-state index is 0.0231. The summed E-state index contributed by atoms with van der Waals surface area (Å²) in [6, 6.07) is 4.47. The minimum atomic E-state index is -0.283. The van der Waals surface area contributed by atoms with E-state index >= 15 is 0 Å². The molecular weight excluding hydrogens is 381 g/mol. The van der Waals surface area contributed by atoms with Crippen LogP contribution in [0.2, 0.25) is 5.02 Å². The number of rotatable bonds is 2. The number of benzene rings is 1. The van der Waals surface area contributed by atoms with E-state index in [4.69, 9.17) is 11.6 Å². The second-order valence-electron chi connectivity index (χ2n) is 7.67. The van der Waals surface area contributed by atoms with Crippen LogP contribution in [0.3, 0.4) is 0 Å². The standard InChI is InChI=1S/C21H23ClFN3O2/c1-13(27)26-9-6-17-15(12-26)11-24-20(17)21(28)25-7-4-14(5-8-25)18-10-16(23)2-3-19(18)22/h2-3,10,14H,4-9,11-12H2,1H3. The fourth-order valence-corrected chi connectivity index (χ4v) is 4.64. The van der Waals surface area contributed by atoms with E-state index in [2.05, 4.69) is 4.99 Å². The Morgan fingerprint density at radius 2 is 1.93 bits per heavy atom. The lowest BCUT2D eigenvalue weighted by atomic mass is 9.89. The Kier molecular flexibility index (Phi) is 5.23. The summed E-state index contributed by atoms with van der Waals surface area (Å²) in [5.74, 6) is -0.0876. The number of piperidine rings is 1. The minimum Gasteiger partial charge on any atom is -0.339 e. The summed E-state index contributed by atoms with van der Waals surface area (Å²) in [5.41, 5.74) is 3.51. The zero-order valence-electron chi connectivity index (χ0n) is 15.9. The van der Waals surface area contributed by atoms with Crippen molar-refractivity contribution < 1.29 is 14.0 Å². The Balaban J connectivity index is 1.41. The summed E-state index contributed by atoms with van der Waals surface area (Å²) in [7, 11) is 0. The highest BCUT2D eigenvalue weighted by Gasteiger charge is 2.34. The Labute approximate surface area is 168 Å². The summed E-state index contributed by atoms with van der Waals surface area (Å²) in [4.78, 5) is 32.8. The molecule has 0 aliphatic carbocycles. The fraction of sp³-hybridized carbons (Fsp3) is 0.476. The molecule has 5 nitrogen and oxygen atoms in total. The van der Waals surface area contributed by atoms with E-state index in [1.807, 2.05) is 4.90 Å². The maximum atomic E-state index is 13.6. The molecule has 1 fully saturated rings. The molecule has 148 valence electrons. The highest BCUT2D eigenvalue weighted by molar-refractivity contribution is 6.46. The van der Waals surface area contributed by atoms with Crippen molar-refractivity contribution >= 4 is 29.1 Å². The molecule has 4 rings (SSSR count). The van der Waals surface area contributed by atoms with Gasteiger partial charge in [-0.15, -0.1) is 0 Å². The Morgan fingerprint density at radius 3 is 2.64 bits per heavy atom. The quantitative estimate of drug-likeness (QED) is 0.761. The fourth-order valence-electron chi connectivity index (χ4n) is 4.37. The average Bonchev–Trinajstić information content (AvgIpc) is 3.12. The van der Waals surface area contributed by atoms with E-state index in [0.29, 0.717) is 49.9 Å². The molecule has 3 aliphatic rings. The van der Waals surface area contributed by atoms with Gasteiger partial charge in [0.2, 0.25) is 5.91 Å². The molecule has 0 atom stereocenters. The van der Waals surface area contributed by atoms with Gasteiger partial charge in [0.05, 0.1) is 6.54 Å². The van der Waals surface area contributed by atoms with E-state index in [1.165, 1.54) is 12.1 Å². The highest BCUT2D eigenvalue weighted by atomic mass is 35.5. The van der Waals surface area contributed by atoms with Crippen molar-refractivity contribution in [2.75, 3.05) is 32.7 Å². The Hall–Kier alpha value is -2.21. The van der Waals surface area contributed by atoms with Crippen molar-refractivity contribution in [1.29, 1.82) is 0 Å². The maximum absolute atomic E-state index is 13.6. The molecule has 0 bridgehead atoms. The van der Waals surface area contributed by atoms with E-state index in [-0.39, 0.29) is 23.5 Å². The van der Waals surface area contributed by atoms with Gasteiger partial charge in [-0.25, -0.2) is 4.39 Å². The zero-order valence-corrected chi connectivity index (χ0v) is 16.6. The van der Waals surface area contributed by atoms with Gasteiger partial charge in [-0.05, 0) is 60.1 Å². The van der Waals surface area contributed by atoms with Gasteiger partial charge in [-0.1, -0.05) is 11.6 Å². The molecule has 0 radical (unpaired) electrons. The lowest BCUT2D eigenvalue weighted by molar-refractivity contribution is -0.128. The maximum Gasteiger partial charge on any atom is 0.272 e. The van der Waals surface area contributed by atoms with Crippen LogP contribution in [0.15, 0.2) is 34.3 Å². The predicted molar refractivity (Wildman–Crippen MR) is 106 cm³/mol. The number of carbonyl (C=O) groups excluding carboxylic acids is 2. The molecule has 0 aromatic heterocycles. The average molecular weight is 404 g/mol.